The highest BCUT2D eigenvalue weighted by atomic mass is 16.8. The van der Waals surface area contributed by atoms with E-state index in [0.717, 1.165) is 29.7 Å². The van der Waals surface area contributed by atoms with Crippen LogP contribution in [-0.2, 0) is 4.94 Å². The largest absolute Gasteiger partial charge is 0.491 e. The molecule has 5 nitrogen and oxygen atoms in total. The Morgan fingerprint density at radius 1 is 1.22 bits per heavy atom. The molecule has 2 aromatic rings. The van der Waals surface area contributed by atoms with E-state index in [9.17, 15) is 0 Å². The van der Waals surface area contributed by atoms with Gasteiger partial charge < -0.3 is 4.74 Å². The minimum Gasteiger partial charge on any atom is -0.491 e. The van der Waals surface area contributed by atoms with Crippen LogP contribution in [0.15, 0.2) is 48.7 Å². The van der Waals surface area contributed by atoms with Gasteiger partial charge >= 0.3 is 0 Å². The standard InChI is InChI=1S/C12H17NO.C6H8N2O/c1-9-11(5-4-6-13-9)14-8-10-7-12(10,2)3;7-9-8-6-4-2-1-3-5-6/h4-6,10H,7-8H2,1-3H3;1-5,8H,7H2. The highest BCUT2D eigenvalue weighted by Crippen LogP contribution is 2.51. The number of anilines is 1. The molecular formula is C18H25N3O2. The molecule has 0 saturated heterocycles. The van der Waals surface area contributed by atoms with Crippen molar-refractivity contribution in [3.63, 3.8) is 0 Å². The highest BCUT2D eigenvalue weighted by molar-refractivity contribution is 5.39. The summed E-state index contributed by atoms with van der Waals surface area (Å²) in [6.45, 7) is 7.39. The molecule has 1 aromatic carbocycles. The molecule has 5 heteroatoms. The van der Waals surface area contributed by atoms with Gasteiger partial charge in [-0.3, -0.25) is 4.98 Å². The van der Waals surface area contributed by atoms with Crippen molar-refractivity contribution < 1.29 is 9.68 Å². The normalized spacial score (nSPS) is 17.7. The number of benzene rings is 1. The van der Waals surface area contributed by atoms with E-state index in [1.807, 2.05) is 49.4 Å². The van der Waals surface area contributed by atoms with Gasteiger partial charge in [0.1, 0.15) is 5.75 Å². The van der Waals surface area contributed by atoms with Gasteiger partial charge in [0.2, 0.25) is 0 Å². The second kappa shape index (κ2) is 7.94. The molecule has 0 radical (unpaired) electrons. The molecule has 0 aliphatic heterocycles. The minimum absolute atomic E-state index is 0.496. The zero-order chi connectivity index (χ0) is 16.7. The Morgan fingerprint density at radius 2 is 1.91 bits per heavy atom. The average Bonchev–Trinajstić information content (AvgIpc) is 3.16. The first-order chi connectivity index (χ1) is 11.0. The summed E-state index contributed by atoms with van der Waals surface area (Å²) in [6, 6.07) is 13.3. The monoisotopic (exact) mass is 315 g/mol. The fraction of sp³-hybridized carbons (Fsp3) is 0.389. The number of pyridine rings is 1. The maximum atomic E-state index is 5.73. The van der Waals surface area contributed by atoms with Crippen LogP contribution in [-0.4, -0.2) is 11.6 Å². The topological polar surface area (TPSA) is 69.4 Å². The molecule has 1 unspecified atom stereocenters. The third-order valence-corrected chi connectivity index (χ3v) is 4.07. The fourth-order valence-electron chi connectivity index (χ4n) is 2.25. The molecule has 1 saturated carbocycles. The molecule has 1 fully saturated rings. The molecule has 0 bridgehead atoms. The first kappa shape index (κ1) is 17.2. The summed E-state index contributed by atoms with van der Waals surface area (Å²) in [7, 11) is 0. The summed E-state index contributed by atoms with van der Waals surface area (Å²) >= 11 is 0. The number of aromatic nitrogens is 1. The molecule has 3 rings (SSSR count). The number of para-hydroxylation sites is 1. The number of aryl methyl sites for hydroxylation is 1. The Morgan fingerprint density at radius 3 is 2.48 bits per heavy atom. The fourth-order valence-corrected chi connectivity index (χ4v) is 2.25. The summed E-state index contributed by atoms with van der Waals surface area (Å²) in [4.78, 5) is 8.37. The van der Waals surface area contributed by atoms with Crippen LogP contribution in [0.5, 0.6) is 5.75 Å². The van der Waals surface area contributed by atoms with Crippen molar-refractivity contribution in [1.29, 1.82) is 0 Å². The van der Waals surface area contributed by atoms with Crippen molar-refractivity contribution in [1.82, 2.24) is 4.98 Å². The van der Waals surface area contributed by atoms with E-state index in [1.165, 1.54) is 6.42 Å². The van der Waals surface area contributed by atoms with Gasteiger partial charge in [0, 0.05) is 6.20 Å². The van der Waals surface area contributed by atoms with Gasteiger partial charge in [0.15, 0.2) is 0 Å². The van der Waals surface area contributed by atoms with Crippen LogP contribution in [0.2, 0.25) is 0 Å². The van der Waals surface area contributed by atoms with Crippen molar-refractivity contribution in [3.8, 4) is 5.75 Å². The second-order valence-electron chi connectivity index (χ2n) is 6.37. The van der Waals surface area contributed by atoms with Gasteiger partial charge in [-0.1, -0.05) is 32.0 Å². The van der Waals surface area contributed by atoms with Gasteiger partial charge in [-0.2, -0.15) is 10.8 Å². The first-order valence-corrected chi connectivity index (χ1v) is 7.74. The van der Waals surface area contributed by atoms with E-state index in [0.29, 0.717) is 5.41 Å². The molecule has 1 aliphatic carbocycles. The Kier molecular flexibility index (Phi) is 5.96. The molecule has 23 heavy (non-hydrogen) atoms. The summed E-state index contributed by atoms with van der Waals surface area (Å²) in [6.07, 6.45) is 3.08. The number of hydrogen-bond acceptors (Lipinski definition) is 5. The predicted molar refractivity (Wildman–Crippen MR) is 91.7 cm³/mol. The second-order valence-corrected chi connectivity index (χ2v) is 6.37. The zero-order valence-electron chi connectivity index (χ0n) is 14.0. The molecule has 1 aromatic heterocycles. The molecule has 0 spiro atoms. The summed E-state index contributed by atoms with van der Waals surface area (Å²) in [5.41, 5.74) is 4.81. The lowest BCUT2D eigenvalue weighted by atomic mass is 10.1. The van der Waals surface area contributed by atoms with Crippen LogP contribution in [0, 0.1) is 18.3 Å². The number of nitrogens with zero attached hydrogens (tertiary/aromatic N) is 1. The van der Waals surface area contributed by atoms with E-state index in [-0.39, 0.29) is 0 Å². The number of nitrogens with two attached hydrogens (primary N) is 1. The SMILES string of the molecule is Cc1ncccc1OCC1CC1(C)C.NONc1ccccc1. The van der Waals surface area contributed by atoms with E-state index in [2.05, 4.69) is 29.2 Å². The molecule has 1 heterocycles. The number of hydrogen-bond donors (Lipinski definition) is 2. The average molecular weight is 315 g/mol. The van der Waals surface area contributed by atoms with Gasteiger partial charge in [0.05, 0.1) is 18.0 Å². The molecule has 1 atom stereocenters. The quantitative estimate of drug-likeness (QED) is 0.823. The Bertz CT molecular complexity index is 602. The van der Waals surface area contributed by atoms with Crippen LogP contribution in [0.25, 0.3) is 0 Å². The van der Waals surface area contributed by atoms with E-state index < -0.39 is 0 Å². The Hall–Kier alpha value is -2.11. The predicted octanol–water partition coefficient (Wildman–Crippen LogP) is 3.72. The van der Waals surface area contributed by atoms with Crippen LogP contribution < -0.4 is 16.1 Å². The Labute approximate surface area is 137 Å². The minimum atomic E-state index is 0.496. The van der Waals surface area contributed by atoms with Crippen LogP contribution in [0.1, 0.15) is 26.0 Å². The van der Waals surface area contributed by atoms with E-state index >= 15 is 0 Å². The smallest absolute Gasteiger partial charge is 0.140 e. The Balaban J connectivity index is 0.000000185. The summed E-state index contributed by atoms with van der Waals surface area (Å²) in [5.74, 6) is 6.40. The van der Waals surface area contributed by atoms with Crippen molar-refractivity contribution in [3.05, 3.63) is 54.4 Å². The zero-order valence-corrected chi connectivity index (χ0v) is 14.0. The summed E-state index contributed by atoms with van der Waals surface area (Å²) in [5, 5.41) is 0. The molecule has 0 amide bonds. The van der Waals surface area contributed by atoms with Crippen LogP contribution >= 0.6 is 0 Å². The van der Waals surface area contributed by atoms with Crippen molar-refractivity contribution in [2.24, 2.45) is 17.2 Å². The highest BCUT2D eigenvalue weighted by Gasteiger charge is 2.45. The van der Waals surface area contributed by atoms with Crippen LogP contribution in [0.3, 0.4) is 0 Å². The van der Waals surface area contributed by atoms with Crippen molar-refractivity contribution in [2.45, 2.75) is 27.2 Å². The van der Waals surface area contributed by atoms with E-state index in [4.69, 9.17) is 10.6 Å². The van der Waals surface area contributed by atoms with Crippen molar-refractivity contribution >= 4 is 5.69 Å². The van der Waals surface area contributed by atoms with E-state index in [1.54, 1.807) is 6.20 Å². The third-order valence-electron chi connectivity index (χ3n) is 4.07. The van der Waals surface area contributed by atoms with Gasteiger partial charge in [0.25, 0.3) is 0 Å². The van der Waals surface area contributed by atoms with Gasteiger partial charge in [-0.15, -0.1) is 0 Å². The lowest BCUT2D eigenvalue weighted by molar-refractivity contribution is 0.201. The molecule has 124 valence electrons. The van der Waals surface area contributed by atoms with Gasteiger partial charge in [-0.25, -0.2) is 5.48 Å². The molecule has 1 aliphatic rings. The third kappa shape index (κ3) is 5.54. The lowest BCUT2D eigenvalue weighted by Gasteiger charge is -2.08. The van der Waals surface area contributed by atoms with Crippen molar-refractivity contribution in [2.75, 3.05) is 12.1 Å². The lowest BCUT2D eigenvalue weighted by Crippen LogP contribution is -2.06. The first-order valence-electron chi connectivity index (χ1n) is 7.74. The van der Waals surface area contributed by atoms with Gasteiger partial charge in [-0.05, 0) is 48.9 Å². The summed E-state index contributed by atoms with van der Waals surface area (Å²) < 4.78 is 5.73. The maximum absolute atomic E-state index is 5.73. The van der Waals surface area contributed by atoms with Crippen LogP contribution in [0.4, 0.5) is 5.69 Å². The molecular weight excluding hydrogens is 290 g/mol. The maximum Gasteiger partial charge on any atom is 0.140 e. The number of ether oxygens (including phenoxy) is 1. The number of nitrogens with one attached hydrogen (secondary N) is 1. The number of rotatable bonds is 5. The molecule has 3 N–H and O–H groups in total.